The Balaban J connectivity index is 1.53. The summed E-state index contributed by atoms with van der Waals surface area (Å²) in [5, 5.41) is 9.10. The van der Waals surface area contributed by atoms with E-state index in [1.165, 1.54) is 0 Å². The molecule has 0 unspecified atom stereocenters. The number of nitrogens with one attached hydrogen (secondary N) is 1. The van der Waals surface area contributed by atoms with Crippen LogP contribution in [0.3, 0.4) is 0 Å². The Labute approximate surface area is 139 Å². The van der Waals surface area contributed by atoms with Gasteiger partial charge in [0.15, 0.2) is 0 Å². The molecule has 7 heteroatoms. The van der Waals surface area contributed by atoms with Gasteiger partial charge < -0.3 is 9.80 Å². The fraction of sp³-hybridized carbons (Fsp3) is 0.500. The summed E-state index contributed by atoms with van der Waals surface area (Å²) in [6.45, 7) is 5.83. The van der Waals surface area contributed by atoms with E-state index in [1.54, 1.807) is 17.5 Å². The molecule has 2 saturated heterocycles. The van der Waals surface area contributed by atoms with Crippen LogP contribution in [0.25, 0.3) is 10.6 Å². The van der Waals surface area contributed by atoms with Crippen LogP contribution in [0.5, 0.6) is 0 Å². The molecule has 1 amide bonds. The predicted molar refractivity (Wildman–Crippen MR) is 90.7 cm³/mol. The van der Waals surface area contributed by atoms with E-state index in [0.29, 0.717) is 11.6 Å². The van der Waals surface area contributed by atoms with Gasteiger partial charge in [-0.1, -0.05) is 6.07 Å². The second-order valence-corrected chi connectivity index (χ2v) is 7.29. The molecule has 0 bridgehead atoms. The van der Waals surface area contributed by atoms with Crippen LogP contribution in [-0.4, -0.2) is 83.2 Å². The van der Waals surface area contributed by atoms with E-state index in [-0.39, 0.29) is 5.91 Å². The van der Waals surface area contributed by atoms with Gasteiger partial charge in [-0.3, -0.25) is 14.8 Å². The zero-order valence-corrected chi connectivity index (χ0v) is 14.1. The van der Waals surface area contributed by atoms with Gasteiger partial charge in [-0.25, -0.2) is 0 Å². The Morgan fingerprint density at radius 1 is 1.30 bits per heavy atom. The average molecular weight is 331 g/mol. The first-order valence-corrected chi connectivity index (χ1v) is 8.89. The van der Waals surface area contributed by atoms with Gasteiger partial charge >= 0.3 is 0 Å². The van der Waals surface area contributed by atoms with Crippen LogP contribution in [0.2, 0.25) is 0 Å². The number of nitrogens with zero attached hydrogens (tertiary/aromatic N) is 4. The number of H-pyrrole nitrogens is 1. The molecular weight excluding hydrogens is 310 g/mol. The number of carbonyl (C=O) groups is 1. The lowest BCUT2D eigenvalue weighted by molar-refractivity contribution is 0.0190. The quantitative estimate of drug-likeness (QED) is 0.899. The van der Waals surface area contributed by atoms with Crippen LogP contribution in [0, 0.1) is 0 Å². The monoisotopic (exact) mass is 331 g/mol. The number of piperazine rings is 2. The fourth-order valence-corrected chi connectivity index (χ4v) is 4.26. The molecule has 6 nitrogen and oxygen atoms in total. The average Bonchev–Trinajstić information content (AvgIpc) is 3.24. The first kappa shape index (κ1) is 14.9. The van der Waals surface area contributed by atoms with Gasteiger partial charge in [-0.05, 0) is 18.5 Å². The zero-order valence-electron chi connectivity index (χ0n) is 13.2. The number of fused-ring (bicyclic) bond motifs is 1. The van der Waals surface area contributed by atoms with Crippen LogP contribution in [-0.2, 0) is 0 Å². The molecule has 2 aliphatic rings. The van der Waals surface area contributed by atoms with Crippen LogP contribution in [0.4, 0.5) is 0 Å². The van der Waals surface area contributed by atoms with Crippen molar-refractivity contribution in [1.82, 2.24) is 24.9 Å². The maximum atomic E-state index is 13.0. The van der Waals surface area contributed by atoms with Gasteiger partial charge in [0.2, 0.25) is 0 Å². The summed E-state index contributed by atoms with van der Waals surface area (Å²) >= 11 is 1.62. The van der Waals surface area contributed by atoms with Crippen molar-refractivity contribution in [2.75, 3.05) is 46.3 Å². The molecule has 4 heterocycles. The minimum Gasteiger partial charge on any atom is -0.336 e. The topological polar surface area (TPSA) is 55.5 Å². The molecule has 0 aromatic carbocycles. The summed E-state index contributed by atoms with van der Waals surface area (Å²) in [7, 11) is 2.16. The van der Waals surface area contributed by atoms with Crippen molar-refractivity contribution < 1.29 is 4.79 Å². The third-order valence-corrected chi connectivity index (χ3v) is 5.71. The Bertz CT molecular complexity index is 682. The maximum absolute atomic E-state index is 13.0. The van der Waals surface area contributed by atoms with E-state index < -0.39 is 0 Å². The smallest absolute Gasteiger partial charge is 0.257 e. The molecule has 2 aliphatic heterocycles. The molecule has 4 rings (SSSR count). The van der Waals surface area contributed by atoms with E-state index >= 15 is 0 Å². The second kappa shape index (κ2) is 6.07. The first-order valence-electron chi connectivity index (χ1n) is 8.01. The highest BCUT2D eigenvalue weighted by molar-refractivity contribution is 7.13. The summed E-state index contributed by atoms with van der Waals surface area (Å²) in [6.07, 6.45) is 1.66. The predicted octanol–water partition coefficient (Wildman–Crippen LogP) is 1.21. The van der Waals surface area contributed by atoms with Gasteiger partial charge in [0.25, 0.3) is 5.91 Å². The van der Waals surface area contributed by atoms with Crippen molar-refractivity contribution in [3.05, 3.63) is 29.3 Å². The molecule has 2 aromatic rings. The highest BCUT2D eigenvalue weighted by Gasteiger charge is 2.34. The minimum atomic E-state index is 0.0926. The van der Waals surface area contributed by atoms with Crippen molar-refractivity contribution in [3.63, 3.8) is 0 Å². The van der Waals surface area contributed by atoms with Gasteiger partial charge in [0, 0.05) is 45.3 Å². The maximum Gasteiger partial charge on any atom is 0.257 e. The third-order valence-electron chi connectivity index (χ3n) is 4.82. The molecule has 23 heavy (non-hydrogen) atoms. The second-order valence-electron chi connectivity index (χ2n) is 6.34. The lowest BCUT2D eigenvalue weighted by atomic mass is 10.1. The molecule has 2 aromatic heterocycles. The molecule has 1 atom stereocenters. The Kier molecular flexibility index (Phi) is 3.92. The van der Waals surface area contributed by atoms with Gasteiger partial charge in [0.1, 0.15) is 0 Å². The van der Waals surface area contributed by atoms with Gasteiger partial charge in [-0.15, -0.1) is 11.3 Å². The highest BCUT2D eigenvalue weighted by Crippen LogP contribution is 2.27. The Morgan fingerprint density at radius 3 is 3.00 bits per heavy atom. The number of amides is 1. The lowest BCUT2D eigenvalue weighted by Gasteiger charge is -2.46. The van der Waals surface area contributed by atoms with Crippen molar-refractivity contribution in [2.24, 2.45) is 0 Å². The zero-order chi connectivity index (χ0) is 15.8. The van der Waals surface area contributed by atoms with Crippen molar-refractivity contribution in [3.8, 4) is 10.6 Å². The van der Waals surface area contributed by atoms with Crippen molar-refractivity contribution >= 4 is 17.2 Å². The first-order chi connectivity index (χ1) is 11.2. The van der Waals surface area contributed by atoms with E-state index in [9.17, 15) is 4.79 Å². The number of hydrogen-bond donors (Lipinski definition) is 1. The molecule has 2 fully saturated rings. The summed E-state index contributed by atoms with van der Waals surface area (Å²) in [6, 6.07) is 4.46. The van der Waals surface area contributed by atoms with Crippen LogP contribution in [0.15, 0.2) is 23.7 Å². The van der Waals surface area contributed by atoms with E-state index in [1.807, 2.05) is 22.4 Å². The summed E-state index contributed by atoms with van der Waals surface area (Å²) in [5.41, 5.74) is 1.53. The van der Waals surface area contributed by atoms with E-state index in [4.69, 9.17) is 0 Å². The molecule has 0 spiro atoms. The van der Waals surface area contributed by atoms with E-state index in [2.05, 4.69) is 27.0 Å². The fourth-order valence-electron chi connectivity index (χ4n) is 3.52. The minimum absolute atomic E-state index is 0.0926. The largest absolute Gasteiger partial charge is 0.336 e. The number of aromatic nitrogens is 2. The number of hydrogen-bond acceptors (Lipinski definition) is 5. The summed E-state index contributed by atoms with van der Waals surface area (Å²) < 4.78 is 0. The van der Waals surface area contributed by atoms with Gasteiger partial charge in [0.05, 0.1) is 22.3 Å². The Hall–Kier alpha value is -1.70. The molecule has 0 saturated carbocycles. The van der Waals surface area contributed by atoms with Crippen molar-refractivity contribution in [2.45, 2.75) is 6.04 Å². The molecule has 1 N–H and O–H groups in total. The number of aromatic amines is 1. The lowest BCUT2D eigenvalue weighted by Crippen LogP contribution is -2.62. The SMILES string of the molecule is CN1CCN2CCN(C(=O)c3cn[nH]c3-c3cccs3)C[C@@H]2C1. The van der Waals surface area contributed by atoms with Crippen molar-refractivity contribution in [1.29, 1.82) is 0 Å². The Morgan fingerprint density at radius 2 is 2.17 bits per heavy atom. The molecule has 122 valence electrons. The molecule has 0 radical (unpaired) electrons. The highest BCUT2D eigenvalue weighted by atomic mass is 32.1. The molecule has 0 aliphatic carbocycles. The van der Waals surface area contributed by atoms with Crippen LogP contribution in [0.1, 0.15) is 10.4 Å². The number of likely N-dealkylation sites (N-methyl/N-ethyl adjacent to an activating group) is 1. The number of rotatable bonds is 2. The van der Waals surface area contributed by atoms with E-state index in [0.717, 1.165) is 49.8 Å². The summed E-state index contributed by atoms with van der Waals surface area (Å²) in [5.74, 6) is 0.0926. The normalized spacial score (nSPS) is 23.0. The number of carbonyl (C=O) groups excluding carboxylic acids is 1. The van der Waals surface area contributed by atoms with Gasteiger partial charge in [-0.2, -0.15) is 5.10 Å². The van der Waals surface area contributed by atoms with Crippen LogP contribution < -0.4 is 0 Å². The number of thiophene rings is 1. The standard InChI is InChI=1S/C16H21N5OS/c1-19-4-5-20-6-7-21(11-12(20)10-19)16(22)13-9-17-18-15(13)14-3-2-8-23-14/h2-3,8-9,12H,4-7,10-11H2,1H3,(H,17,18)/t12-/m0/s1. The summed E-state index contributed by atoms with van der Waals surface area (Å²) in [4.78, 5) is 20.9. The third kappa shape index (κ3) is 2.80. The van der Waals surface area contributed by atoms with Crippen LogP contribution >= 0.6 is 11.3 Å². The molecular formula is C16H21N5OS.